The van der Waals surface area contributed by atoms with Crippen LogP contribution >= 0.6 is 12.4 Å². The van der Waals surface area contributed by atoms with Crippen molar-refractivity contribution >= 4 is 28.3 Å². The summed E-state index contributed by atoms with van der Waals surface area (Å²) in [6.45, 7) is 4.42. The molecule has 1 fully saturated rings. The van der Waals surface area contributed by atoms with E-state index in [1.807, 2.05) is 7.05 Å². The highest BCUT2D eigenvalue weighted by atomic mass is 35.5. The third-order valence-electron chi connectivity index (χ3n) is 4.35. The van der Waals surface area contributed by atoms with Crippen LogP contribution in [0, 0.1) is 13.8 Å². The zero-order chi connectivity index (χ0) is 17.8. The van der Waals surface area contributed by atoms with E-state index in [9.17, 15) is 13.2 Å². The van der Waals surface area contributed by atoms with E-state index in [0.717, 1.165) is 25.8 Å². The van der Waals surface area contributed by atoms with Gasteiger partial charge in [-0.3, -0.25) is 4.79 Å². The molecule has 0 aromatic carbocycles. The summed E-state index contributed by atoms with van der Waals surface area (Å²) in [5.74, 6) is -0.0333. The molecule has 2 rings (SSSR count). The summed E-state index contributed by atoms with van der Waals surface area (Å²) in [5.41, 5.74) is -0.795. The van der Waals surface area contributed by atoms with Gasteiger partial charge in [0.15, 0.2) is 5.76 Å². The topological polar surface area (TPSA) is 113 Å². The van der Waals surface area contributed by atoms with E-state index in [2.05, 4.69) is 20.5 Å². The Kier molecular flexibility index (Phi) is 7.86. The number of aromatic nitrogens is 1. The predicted molar refractivity (Wildman–Crippen MR) is 96.3 cm³/mol. The Labute approximate surface area is 154 Å². The lowest BCUT2D eigenvalue weighted by Crippen LogP contribution is -2.57. The summed E-state index contributed by atoms with van der Waals surface area (Å²) in [5, 5.41) is 9.55. The lowest BCUT2D eigenvalue weighted by atomic mass is 9.98. The fraction of sp³-hybridized carbons (Fsp3) is 0.733. The first-order valence-corrected chi connectivity index (χ1v) is 9.70. The van der Waals surface area contributed by atoms with Crippen LogP contribution in [0.2, 0.25) is 0 Å². The second-order valence-corrected chi connectivity index (χ2v) is 7.88. The number of amides is 1. The van der Waals surface area contributed by atoms with Crippen molar-refractivity contribution in [3.8, 4) is 0 Å². The maximum Gasteiger partial charge on any atom is 0.246 e. The molecule has 0 saturated heterocycles. The molecule has 0 atom stereocenters. The molecule has 1 aromatic heterocycles. The highest BCUT2D eigenvalue weighted by molar-refractivity contribution is 7.89. The van der Waals surface area contributed by atoms with Crippen LogP contribution < -0.4 is 15.4 Å². The highest BCUT2D eigenvalue weighted by Crippen LogP contribution is 2.32. The first-order chi connectivity index (χ1) is 11.3. The van der Waals surface area contributed by atoms with Crippen molar-refractivity contribution < 1.29 is 17.7 Å². The van der Waals surface area contributed by atoms with Gasteiger partial charge in [-0.1, -0.05) is 18.0 Å². The fourth-order valence-electron chi connectivity index (χ4n) is 3.16. The Morgan fingerprint density at radius 2 is 1.88 bits per heavy atom. The molecule has 0 bridgehead atoms. The monoisotopic (exact) mass is 394 g/mol. The van der Waals surface area contributed by atoms with Crippen molar-refractivity contribution in [2.75, 3.05) is 20.1 Å². The average Bonchev–Trinajstić information content (AvgIpc) is 3.11. The molecule has 1 saturated carbocycles. The molecular formula is C15H27ClN4O4S. The normalized spacial score (nSPS) is 16.4. The minimum Gasteiger partial charge on any atom is -0.360 e. The van der Waals surface area contributed by atoms with Gasteiger partial charge in [0.1, 0.15) is 16.1 Å². The lowest BCUT2D eigenvalue weighted by molar-refractivity contribution is -0.126. The van der Waals surface area contributed by atoms with Gasteiger partial charge in [-0.15, -0.1) is 12.4 Å². The third-order valence-corrected chi connectivity index (χ3v) is 6.13. The smallest absolute Gasteiger partial charge is 0.246 e. The van der Waals surface area contributed by atoms with Gasteiger partial charge in [0.25, 0.3) is 0 Å². The van der Waals surface area contributed by atoms with Crippen LogP contribution in [-0.2, 0) is 14.8 Å². The Morgan fingerprint density at radius 3 is 2.40 bits per heavy atom. The molecule has 1 aliphatic rings. The van der Waals surface area contributed by atoms with Gasteiger partial charge in [-0.2, -0.15) is 4.72 Å². The van der Waals surface area contributed by atoms with E-state index in [1.54, 1.807) is 13.8 Å². The Balaban J connectivity index is 0.00000312. The van der Waals surface area contributed by atoms with Crippen molar-refractivity contribution in [3.05, 3.63) is 11.5 Å². The molecular weight excluding hydrogens is 368 g/mol. The summed E-state index contributed by atoms with van der Waals surface area (Å²) in [6.07, 6.45) is 3.40. The second kappa shape index (κ2) is 8.98. The number of sulfonamides is 1. The number of nitrogens with one attached hydrogen (secondary N) is 3. The minimum absolute atomic E-state index is 0. The summed E-state index contributed by atoms with van der Waals surface area (Å²) < 4.78 is 33.1. The number of hydrogen-bond acceptors (Lipinski definition) is 6. The standard InChI is InChI=1S/C15H26N4O4S.ClH/c1-11-13(12(2)23-18-11)24(21,22)19-15(7-4-5-8-15)14(20)17-10-6-9-16-3;/h16,19H,4-10H2,1-3H3,(H,17,20);1H. The number of halogens is 1. The molecule has 0 spiro atoms. The van der Waals surface area contributed by atoms with Gasteiger partial charge in [0.05, 0.1) is 0 Å². The summed E-state index contributed by atoms with van der Waals surface area (Å²) in [4.78, 5) is 12.7. The van der Waals surface area contributed by atoms with E-state index in [0.29, 0.717) is 25.1 Å². The Bertz CT molecular complexity index is 664. The lowest BCUT2D eigenvalue weighted by Gasteiger charge is -2.28. The van der Waals surface area contributed by atoms with Crippen molar-refractivity contribution in [2.24, 2.45) is 0 Å². The van der Waals surface area contributed by atoms with Gasteiger partial charge in [0, 0.05) is 6.54 Å². The van der Waals surface area contributed by atoms with Crippen molar-refractivity contribution in [1.29, 1.82) is 0 Å². The molecule has 1 aromatic rings. The summed E-state index contributed by atoms with van der Waals surface area (Å²) in [7, 11) is -2.03. The molecule has 0 unspecified atom stereocenters. The number of nitrogens with zero attached hydrogens (tertiary/aromatic N) is 1. The van der Waals surface area contributed by atoms with Gasteiger partial charge in [-0.05, 0) is 46.7 Å². The van der Waals surface area contributed by atoms with Crippen LogP contribution in [0.1, 0.15) is 43.6 Å². The van der Waals surface area contributed by atoms with Gasteiger partial charge < -0.3 is 15.2 Å². The molecule has 144 valence electrons. The van der Waals surface area contributed by atoms with Gasteiger partial charge in [0.2, 0.25) is 15.9 Å². The van der Waals surface area contributed by atoms with E-state index < -0.39 is 15.6 Å². The molecule has 8 nitrogen and oxygen atoms in total. The van der Waals surface area contributed by atoms with E-state index in [-0.39, 0.29) is 29.0 Å². The molecule has 3 N–H and O–H groups in total. The number of aryl methyl sites for hydroxylation is 2. The Morgan fingerprint density at radius 1 is 1.24 bits per heavy atom. The van der Waals surface area contributed by atoms with Gasteiger partial charge >= 0.3 is 0 Å². The first kappa shape index (κ1) is 21.9. The maximum atomic E-state index is 12.8. The zero-order valence-electron chi connectivity index (χ0n) is 14.8. The fourth-order valence-corrected chi connectivity index (χ4v) is 4.91. The molecule has 0 aliphatic heterocycles. The third kappa shape index (κ3) is 4.93. The van der Waals surface area contributed by atoms with Crippen LogP contribution in [0.3, 0.4) is 0 Å². The molecule has 0 radical (unpaired) electrons. The zero-order valence-corrected chi connectivity index (χ0v) is 16.5. The average molecular weight is 395 g/mol. The van der Waals surface area contributed by atoms with Crippen LogP contribution in [0.15, 0.2) is 9.42 Å². The van der Waals surface area contributed by atoms with Crippen molar-refractivity contribution in [3.63, 3.8) is 0 Å². The maximum absolute atomic E-state index is 12.8. The highest BCUT2D eigenvalue weighted by Gasteiger charge is 2.45. The van der Waals surface area contributed by atoms with Crippen molar-refractivity contribution in [2.45, 2.75) is 56.4 Å². The number of hydrogen-bond donors (Lipinski definition) is 3. The predicted octanol–water partition coefficient (Wildman–Crippen LogP) is 1.03. The Hall–Kier alpha value is -1.16. The quantitative estimate of drug-likeness (QED) is 0.567. The van der Waals surface area contributed by atoms with Crippen molar-refractivity contribution in [1.82, 2.24) is 20.5 Å². The summed E-state index contributed by atoms with van der Waals surface area (Å²) in [6, 6.07) is 0. The van der Waals surface area contributed by atoms with E-state index >= 15 is 0 Å². The first-order valence-electron chi connectivity index (χ1n) is 8.22. The molecule has 1 heterocycles. The van der Waals surface area contributed by atoms with E-state index in [1.165, 1.54) is 0 Å². The number of carbonyl (C=O) groups is 1. The molecule has 10 heteroatoms. The van der Waals surface area contributed by atoms with Gasteiger partial charge in [-0.25, -0.2) is 8.42 Å². The minimum atomic E-state index is -3.88. The van der Waals surface area contributed by atoms with Crippen LogP contribution in [0.5, 0.6) is 0 Å². The van der Waals surface area contributed by atoms with Crippen LogP contribution in [0.25, 0.3) is 0 Å². The number of rotatable bonds is 8. The largest absolute Gasteiger partial charge is 0.360 e. The van der Waals surface area contributed by atoms with Crippen LogP contribution in [-0.4, -0.2) is 45.2 Å². The summed E-state index contributed by atoms with van der Waals surface area (Å²) >= 11 is 0. The molecule has 1 aliphatic carbocycles. The number of carbonyl (C=O) groups excluding carboxylic acids is 1. The molecule has 1 amide bonds. The SMILES string of the molecule is CNCCCNC(=O)C1(NS(=O)(=O)c2c(C)noc2C)CCCC1.Cl. The van der Waals surface area contributed by atoms with E-state index in [4.69, 9.17) is 4.52 Å². The van der Waals surface area contributed by atoms with Crippen LogP contribution in [0.4, 0.5) is 0 Å². The molecule has 25 heavy (non-hydrogen) atoms. The second-order valence-electron chi connectivity index (χ2n) is 6.26.